The van der Waals surface area contributed by atoms with Gasteiger partial charge in [-0.1, -0.05) is 57.5 Å². The minimum absolute atomic E-state index is 0.223. The average molecular weight is 541 g/mol. The molecule has 0 bridgehead atoms. The van der Waals surface area contributed by atoms with Gasteiger partial charge in [-0.2, -0.15) is 0 Å². The maximum absolute atomic E-state index is 13.9. The first-order valence-electron chi connectivity index (χ1n) is 13.9. The summed E-state index contributed by atoms with van der Waals surface area (Å²) in [6, 6.07) is 11.6. The number of fused-ring (bicyclic) bond motifs is 1. The summed E-state index contributed by atoms with van der Waals surface area (Å²) in [5.74, 6) is -0.877. The largest absolute Gasteiger partial charge is 0.492 e. The summed E-state index contributed by atoms with van der Waals surface area (Å²) < 4.78 is 19.9. The van der Waals surface area contributed by atoms with Gasteiger partial charge in [0.2, 0.25) is 17.7 Å². The molecule has 39 heavy (non-hydrogen) atoms. The molecule has 3 atom stereocenters. The van der Waals surface area contributed by atoms with E-state index < -0.39 is 24.0 Å². The molecule has 2 aromatic carbocycles. The third kappa shape index (κ3) is 9.35. The molecular formula is C30H41FN4O4. The Morgan fingerprint density at radius 1 is 0.949 bits per heavy atom. The van der Waals surface area contributed by atoms with E-state index in [1.165, 1.54) is 12.1 Å². The van der Waals surface area contributed by atoms with Gasteiger partial charge in [0, 0.05) is 13.1 Å². The molecule has 1 aliphatic rings. The molecule has 0 spiro atoms. The van der Waals surface area contributed by atoms with Crippen LogP contribution in [0.4, 0.5) is 4.39 Å². The summed E-state index contributed by atoms with van der Waals surface area (Å²) >= 11 is 0. The lowest BCUT2D eigenvalue weighted by Crippen LogP contribution is -2.58. The predicted octanol–water partition coefficient (Wildman–Crippen LogP) is 2.89. The second kappa shape index (κ2) is 15.2. The van der Waals surface area contributed by atoms with E-state index in [1.807, 2.05) is 45.0 Å². The number of nitrogens with one attached hydrogen (secondary N) is 4. The number of hydrogen-bond acceptors (Lipinski definition) is 5. The number of para-hydroxylation sites is 1. The number of halogens is 1. The predicted molar refractivity (Wildman–Crippen MR) is 149 cm³/mol. The van der Waals surface area contributed by atoms with Gasteiger partial charge in [0.05, 0.1) is 6.04 Å². The molecule has 2 aromatic rings. The van der Waals surface area contributed by atoms with Crippen LogP contribution in [0.15, 0.2) is 48.5 Å². The van der Waals surface area contributed by atoms with Gasteiger partial charge in [-0.15, -0.1) is 0 Å². The zero-order chi connectivity index (χ0) is 28.2. The van der Waals surface area contributed by atoms with E-state index in [9.17, 15) is 18.8 Å². The second-order valence-corrected chi connectivity index (χ2v) is 10.3. The molecule has 0 unspecified atom stereocenters. The Morgan fingerprint density at radius 2 is 1.74 bits per heavy atom. The highest BCUT2D eigenvalue weighted by atomic mass is 19.1. The monoisotopic (exact) mass is 540 g/mol. The fraction of sp³-hybridized carbons (Fsp3) is 0.500. The topological polar surface area (TPSA) is 109 Å². The third-order valence-corrected chi connectivity index (χ3v) is 6.75. The molecule has 0 fully saturated rings. The first-order valence-corrected chi connectivity index (χ1v) is 13.9. The van der Waals surface area contributed by atoms with Crippen LogP contribution in [0.25, 0.3) is 0 Å². The van der Waals surface area contributed by atoms with Crippen molar-refractivity contribution >= 4 is 17.7 Å². The van der Waals surface area contributed by atoms with E-state index in [2.05, 4.69) is 21.3 Å². The summed E-state index contributed by atoms with van der Waals surface area (Å²) in [5.41, 5.74) is 1.68. The Hall–Kier alpha value is -3.46. The summed E-state index contributed by atoms with van der Waals surface area (Å²) in [6.07, 6.45) is 2.86. The van der Waals surface area contributed by atoms with Gasteiger partial charge in [-0.05, 0) is 60.9 Å². The normalized spacial score (nSPS) is 22.0. The van der Waals surface area contributed by atoms with Crippen LogP contribution in [-0.4, -0.2) is 55.5 Å². The zero-order valence-electron chi connectivity index (χ0n) is 23.1. The lowest BCUT2D eigenvalue weighted by atomic mass is 10.00. The molecule has 1 heterocycles. The van der Waals surface area contributed by atoms with Crippen LogP contribution in [0, 0.1) is 11.7 Å². The Morgan fingerprint density at radius 3 is 2.49 bits per heavy atom. The standard InChI is InChI=1S/C30H41FN4O4/c1-4-9-24-28(36)33-15-8-12-22-11-5-6-14-26(22)39-17-16-32-25(19-21-10-7-13-23(31)18-21)29(37)35-27(20(2)3)30(38)34-24/h5-7,10-11,13-14,18,20,24-25,27,32H,4,8-9,12,15-17,19H2,1-3H3,(H,33,36)(H,34,38)(H,35,37)/t24-,25+,27+/m0/s1. The van der Waals surface area contributed by atoms with Gasteiger partial charge in [0.25, 0.3) is 0 Å². The Balaban J connectivity index is 1.86. The number of hydrogen-bond donors (Lipinski definition) is 4. The molecule has 3 amide bonds. The average Bonchev–Trinajstić information content (AvgIpc) is 2.90. The van der Waals surface area contributed by atoms with Crippen LogP contribution in [-0.2, 0) is 27.2 Å². The van der Waals surface area contributed by atoms with Crippen LogP contribution < -0.4 is 26.0 Å². The van der Waals surface area contributed by atoms with Crippen LogP contribution in [0.2, 0.25) is 0 Å². The summed E-state index contributed by atoms with van der Waals surface area (Å²) in [5, 5.41) is 11.9. The van der Waals surface area contributed by atoms with Gasteiger partial charge >= 0.3 is 0 Å². The van der Waals surface area contributed by atoms with Gasteiger partial charge in [0.1, 0.15) is 30.3 Å². The van der Waals surface area contributed by atoms with Crippen molar-refractivity contribution in [3.8, 4) is 5.75 Å². The SMILES string of the molecule is CCC[C@@H]1NC(=O)[C@@H](C(C)C)NC(=O)[C@@H](Cc2cccc(F)c2)NCCOc2ccccc2CCCNC1=O. The lowest BCUT2D eigenvalue weighted by Gasteiger charge is -2.27. The third-order valence-electron chi connectivity index (χ3n) is 6.75. The quantitative estimate of drug-likeness (QED) is 0.467. The fourth-order valence-electron chi connectivity index (χ4n) is 4.62. The van der Waals surface area contributed by atoms with Crippen LogP contribution >= 0.6 is 0 Å². The van der Waals surface area contributed by atoms with Crippen molar-refractivity contribution in [2.45, 2.75) is 71.0 Å². The molecule has 212 valence electrons. The molecule has 9 heteroatoms. The summed E-state index contributed by atoms with van der Waals surface area (Å²) in [6.45, 7) is 6.78. The van der Waals surface area contributed by atoms with Crippen LogP contribution in [0.3, 0.4) is 0 Å². The number of carbonyl (C=O) groups excluding carboxylic acids is 3. The molecular weight excluding hydrogens is 499 g/mol. The molecule has 4 N–H and O–H groups in total. The Kier molecular flexibility index (Phi) is 11.7. The van der Waals surface area contributed by atoms with Gasteiger partial charge < -0.3 is 26.0 Å². The smallest absolute Gasteiger partial charge is 0.243 e. The molecule has 3 rings (SSSR count). The number of ether oxygens (including phenoxy) is 1. The van der Waals surface area contributed by atoms with Gasteiger partial charge in [-0.25, -0.2) is 4.39 Å². The minimum Gasteiger partial charge on any atom is -0.492 e. The zero-order valence-corrected chi connectivity index (χ0v) is 23.1. The van der Waals surface area contributed by atoms with Gasteiger partial charge in [0.15, 0.2) is 0 Å². The van der Waals surface area contributed by atoms with Crippen molar-refractivity contribution in [3.63, 3.8) is 0 Å². The highest BCUT2D eigenvalue weighted by molar-refractivity contribution is 5.93. The number of amides is 3. The van der Waals surface area contributed by atoms with E-state index in [4.69, 9.17) is 4.74 Å². The first-order chi connectivity index (χ1) is 18.8. The maximum atomic E-state index is 13.9. The van der Waals surface area contributed by atoms with Crippen molar-refractivity contribution in [3.05, 3.63) is 65.5 Å². The van der Waals surface area contributed by atoms with Crippen molar-refractivity contribution in [1.29, 1.82) is 0 Å². The molecule has 0 saturated carbocycles. The van der Waals surface area contributed by atoms with E-state index in [1.54, 1.807) is 12.1 Å². The number of carbonyl (C=O) groups is 3. The molecule has 0 aliphatic carbocycles. The summed E-state index contributed by atoms with van der Waals surface area (Å²) in [7, 11) is 0. The molecule has 1 aliphatic heterocycles. The Labute approximate surface area is 230 Å². The fourth-order valence-corrected chi connectivity index (χ4v) is 4.62. The van der Waals surface area contributed by atoms with Crippen LogP contribution in [0.1, 0.15) is 51.2 Å². The lowest BCUT2D eigenvalue weighted by molar-refractivity contribution is -0.133. The van der Waals surface area contributed by atoms with E-state index >= 15 is 0 Å². The highest BCUT2D eigenvalue weighted by Gasteiger charge is 2.30. The number of rotatable bonds is 5. The number of benzene rings is 2. The van der Waals surface area contributed by atoms with Gasteiger partial charge in [-0.3, -0.25) is 14.4 Å². The first kappa shape index (κ1) is 30.1. The van der Waals surface area contributed by atoms with E-state index in [-0.39, 0.29) is 30.0 Å². The number of aryl methyl sites for hydroxylation is 1. The van der Waals surface area contributed by atoms with Crippen molar-refractivity contribution in [1.82, 2.24) is 21.3 Å². The van der Waals surface area contributed by atoms with E-state index in [0.29, 0.717) is 44.5 Å². The molecule has 0 radical (unpaired) electrons. The highest BCUT2D eigenvalue weighted by Crippen LogP contribution is 2.19. The van der Waals surface area contributed by atoms with E-state index in [0.717, 1.165) is 17.7 Å². The second-order valence-electron chi connectivity index (χ2n) is 10.3. The maximum Gasteiger partial charge on any atom is 0.243 e. The van der Waals surface area contributed by atoms with Crippen molar-refractivity contribution in [2.24, 2.45) is 5.92 Å². The molecule has 8 nitrogen and oxygen atoms in total. The minimum atomic E-state index is -0.844. The van der Waals surface area contributed by atoms with Crippen LogP contribution in [0.5, 0.6) is 5.75 Å². The molecule has 0 saturated heterocycles. The molecule has 0 aromatic heterocycles. The Bertz CT molecular complexity index is 1110. The van der Waals surface area contributed by atoms with Crippen molar-refractivity contribution < 1.29 is 23.5 Å². The summed E-state index contributed by atoms with van der Waals surface area (Å²) in [4.78, 5) is 39.7. The van der Waals surface area contributed by atoms with Crippen molar-refractivity contribution in [2.75, 3.05) is 19.7 Å².